The van der Waals surface area contributed by atoms with Crippen molar-refractivity contribution < 1.29 is 9.59 Å². The summed E-state index contributed by atoms with van der Waals surface area (Å²) in [4.78, 5) is 23.5. The molecule has 1 aliphatic carbocycles. The lowest BCUT2D eigenvalue weighted by Crippen LogP contribution is -2.27. The molecule has 96 valence electrons. The Morgan fingerprint density at radius 1 is 1.28 bits per heavy atom. The SMILES string of the molecule is O=C(CCBr)Nc1ccccc1C(=O)NC1CC1. The van der Waals surface area contributed by atoms with Crippen molar-refractivity contribution in [3.05, 3.63) is 29.8 Å². The normalized spacial score (nSPS) is 14.1. The summed E-state index contributed by atoms with van der Waals surface area (Å²) in [5.41, 5.74) is 1.09. The predicted molar refractivity (Wildman–Crippen MR) is 74.0 cm³/mol. The zero-order chi connectivity index (χ0) is 13.0. The quantitative estimate of drug-likeness (QED) is 0.820. The summed E-state index contributed by atoms with van der Waals surface area (Å²) in [5, 5.41) is 6.28. The van der Waals surface area contributed by atoms with Gasteiger partial charge in [-0.3, -0.25) is 9.59 Å². The zero-order valence-corrected chi connectivity index (χ0v) is 11.5. The first-order valence-corrected chi connectivity index (χ1v) is 7.08. The number of hydrogen-bond donors (Lipinski definition) is 2. The third-order valence-electron chi connectivity index (χ3n) is 2.68. The molecule has 4 nitrogen and oxygen atoms in total. The van der Waals surface area contributed by atoms with Crippen LogP contribution in [0, 0.1) is 0 Å². The summed E-state index contributed by atoms with van der Waals surface area (Å²) in [6.45, 7) is 0. The topological polar surface area (TPSA) is 58.2 Å². The molecule has 18 heavy (non-hydrogen) atoms. The Morgan fingerprint density at radius 2 is 2.00 bits per heavy atom. The summed E-state index contributed by atoms with van der Waals surface area (Å²) in [6, 6.07) is 7.37. The van der Waals surface area contributed by atoms with Crippen LogP contribution in [0.15, 0.2) is 24.3 Å². The molecule has 1 fully saturated rings. The van der Waals surface area contributed by atoms with Crippen LogP contribution >= 0.6 is 15.9 Å². The van der Waals surface area contributed by atoms with Gasteiger partial charge in [0.05, 0.1) is 11.3 Å². The first-order chi connectivity index (χ1) is 8.70. The predicted octanol–water partition coefficient (Wildman–Crippen LogP) is 2.30. The fraction of sp³-hybridized carbons (Fsp3) is 0.385. The van der Waals surface area contributed by atoms with E-state index in [4.69, 9.17) is 0 Å². The van der Waals surface area contributed by atoms with E-state index in [9.17, 15) is 9.59 Å². The van der Waals surface area contributed by atoms with Crippen LogP contribution in [0.25, 0.3) is 0 Å². The molecule has 0 atom stereocenters. The summed E-state index contributed by atoms with van der Waals surface area (Å²) in [5.74, 6) is -0.217. The van der Waals surface area contributed by atoms with Crippen molar-refractivity contribution in [1.29, 1.82) is 0 Å². The van der Waals surface area contributed by atoms with Gasteiger partial charge in [-0.15, -0.1) is 0 Å². The lowest BCUT2D eigenvalue weighted by atomic mass is 10.1. The zero-order valence-electron chi connectivity index (χ0n) is 9.91. The van der Waals surface area contributed by atoms with Gasteiger partial charge in [0.1, 0.15) is 0 Å². The number of nitrogens with one attached hydrogen (secondary N) is 2. The van der Waals surface area contributed by atoms with Crippen molar-refractivity contribution in [3.8, 4) is 0 Å². The third kappa shape index (κ3) is 3.57. The molecule has 2 amide bonds. The molecule has 5 heteroatoms. The lowest BCUT2D eigenvalue weighted by molar-refractivity contribution is -0.115. The Balaban J connectivity index is 2.08. The van der Waals surface area contributed by atoms with Crippen LogP contribution in [0.5, 0.6) is 0 Å². The van der Waals surface area contributed by atoms with Crippen LogP contribution in [0.4, 0.5) is 5.69 Å². The molecular weight excluding hydrogens is 296 g/mol. The fourth-order valence-electron chi connectivity index (χ4n) is 1.58. The molecule has 1 saturated carbocycles. The van der Waals surface area contributed by atoms with Gasteiger partial charge in [0.2, 0.25) is 5.91 Å². The van der Waals surface area contributed by atoms with Crippen LogP contribution in [-0.4, -0.2) is 23.2 Å². The molecule has 0 radical (unpaired) electrons. The second-order valence-corrected chi connectivity index (χ2v) is 5.07. The summed E-state index contributed by atoms with van der Waals surface area (Å²) < 4.78 is 0. The van der Waals surface area contributed by atoms with E-state index in [0.717, 1.165) is 12.8 Å². The molecule has 1 aromatic carbocycles. The number of para-hydroxylation sites is 1. The Bertz CT molecular complexity index is 458. The number of carbonyl (C=O) groups excluding carboxylic acids is 2. The minimum Gasteiger partial charge on any atom is -0.349 e. The van der Waals surface area contributed by atoms with Gasteiger partial charge in [0.25, 0.3) is 5.91 Å². The number of anilines is 1. The van der Waals surface area contributed by atoms with Gasteiger partial charge in [-0.05, 0) is 25.0 Å². The summed E-state index contributed by atoms with van der Waals surface area (Å²) in [6.07, 6.45) is 2.48. The van der Waals surface area contributed by atoms with Crippen LogP contribution in [0.2, 0.25) is 0 Å². The van der Waals surface area contributed by atoms with Gasteiger partial charge in [0, 0.05) is 17.8 Å². The van der Waals surface area contributed by atoms with E-state index in [2.05, 4.69) is 26.6 Å². The van der Waals surface area contributed by atoms with Gasteiger partial charge in [-0.2, -0.15) is 0 Å². The van der Waals surface area contributed by atoms with Crippen molar-refractivity contribution in [1.82, 2.24) is 5.32 Å². The minimum absolute atomic E-state index is 0.0986. The maximum Gasteiger partial charge on any atom is 0.253 e. The Kier molecular flexibility index (Phi) is 4.36. The molecule has 0 aliphatic heterocycles. The number of carbonyl (C=O) groups is 2. The molecule has 0 bridgehead atoms. The highest BCUT2D eigenvalue weighted by molar-refractivity contribution is 9.09. The molecular formula is C13H15BrN2O2. The fourth-order valence-corrected chi connectivity index (χ4v) is 1.94. The smallest absolute Gasteiger partial charge is 0.253 e. The van der Waals surface area contributed by atoms with Crippen molar-refractivity contribution in [2.24, 2.45) is 0 Å². The monoisotopic (exact) mass is 310 g/mol. The Labute approximate surface area is 114 Å². The molecule has 0 unspecified atom stereocenters. The number of alkyl halides is 1. The molecule has 1 aliphatic rings. The largest absolute Gasteiger partial charge is 0.349 e. The minimum atomic E-state index is -0.118. The lowest BCUT2D eigenvalue weighted by Gasteiger charge is -2.10. The molecule has 0 heterocycles. The first-order valence-electron chi connectivity index (χ1n) is 5.96. The molecule has 0 aromatic heterocycles. The van der Waals surface area contributed by atoms with Crippen LogP contribution < -0.4 is 10.6 Å². The van der Waals surface area contributed by atoms with E-state index in [-0.39, 0.29) is 11.8 Å². The maximum atomic E-state index is 12.0. The Hall–Kier alpha value is -1.36. The van der Waals surface area contributed by atoms with Gasteiger partial charge in [-0.1, -0.05) is 28.1 Å². The highest BCUT2D eigenvalue weighted by Crippen LogP contribution is 2.21. The van der Waals surface area contributed by atoms with E-state index < -0.39 is 0 Å². The standard InChI is InChI=1S/C13H15BrN2O2/c14-8-7-12(17)16-11-4-2-1-3-10(11)13(18)15-9-5-6-9/h1-4,9H,5-8H2,(H,15,18)(H,16,17). The molecule has 2 N–H and O–H groups in total. The summed E-state index contributed by atoms with van der Waals surface area (Å²) >= 11 is 3.21. The van der Waals surface area contributed by atoms with Crippen molar-refractivity contribution in [3.63, 3.8) is 0 Å². The number of amides is 2. The van der Waals surface area contributed by atoms with E-state index >= 15 is 0 Å². The van der Waals surface area contributed by atoms with Crippen LogP contribution in [-0.2, 0) is 4.79 Å². The average Bonchev–Trinajstić information content (AvgIpc) is 3.14. The maximum absolute atomic E-state index is 12.0. The molecule has 0 saturated heterocycles. The van der Waals surface area contributed by atoms with E-state index in [1.165, 1.54) is 0 Å². The van der Waals surface area contributed by atoms with Crippen LogP contribution in [0.1, 0.15) is 29.6 Å². The molecule has 2 rings (SSSR count). The number of benzene rings is 1. The summed E-state index contributed by atoms with van der Waals surface area (Å²) in [7, 11) is 0. The van der Waals surface area contributed by atoms with Gasteiger partial charge < -0.3 is 10.6 Å². The highest BCUT2D eigenvalue weighted by Gasteiger charge is 2.24. The number of halogens is 1. The van der Waals surface area contributed by atoms with E-state index in [1.54, 1.807) is 24.3 Å². The third-order valence-corrected chi connectivity index (χ3v) is 3.08. The second-order valence-electron chi connectivity index (χ2n) is 4.28. The van der Waals surface area contributed by atoms with Gasteiger partial charge >= 0.3 is 0 Å². The van der Waals surface area contributed by atoms with E-state index in [0.29, 0.717) is 29.0 Å². The van der Waals surface area contributed by atoms with E-state index in [1.807, 2.05) is 0 Å². The van der Waals surface area contributed by atoms with Crippen molar-refractivity contribution >= 4 is 33.4 Å². The molecule has 1 aromatic rings. The van der Waals surface area contributed by atoms with Gasteiger partial charge in [-0.25, -0.2) is 0 Å². The second kappa shape index (κ2) is 6.00. The molecule has 0 spiro atoms. The van der Waals surface area contributed by atoms with Crippen molar-refractivity contribution in [2.45, 2.75) is 25.3 Å². The number of hydrogen-bond acceptors (Lipinski definition) is 2. The number of rotatable bonds is 5. The van der Waals surface area contributed by atoms with Crippen LogP contribution in [0.3, 0.4) is 0 Å². The van der Waals surface area contributed by atoms with Crippen molar-refractivity contribution in [2.75, 3.05) is 10.6 Å². The first kappa shape index (κ1) is 13.1. The average molecular weight is 311 g/mol. The Morgan fingerprint density at radius 3 is 2.67 bits per heavy atom. The highest BCUT2D eigenvalue weighted by atomic mass is 79.9. The van der Waals surface area contributed by atoms with Gasteiger partial charge in [0.15, 0.2) is 0 Å².